The van der Waals surface area contributed by atoms with E-state index in [9.17, 15) is 0 Å². The highest BCUT2D eigenvalue weighted by Crippen LogP contribution is 2.64. The zero-order valence-electron chi connectivity index (χ0n) is 23.5. The molecule has 3 heteroatoms. The number of nitrogens with zero attached hydrogens (tertiary/aromatic N) is 1. The average molecular weight is 530 g/mol. The number of hydrogen-bond acceptors (Lipinski definition) is 2. The van der Waals surface area contributed by atoms with E-state index in [4.69, 9.17) is 4.74 Å². The number of rotatable bonds is 5. The lowest BCUT2D eigenvalue weighted by atomic mass is 9.98. The molecule has 0 aliphatic carbocycles. The van der Waals surface area contributed by atoms with Crippen molar-refractivity contribution in [2.45, 2.75) is 45.1 Å². The molecule has 2 unspecified atom stereocenters. The van der Waals surface area contributed by atoms with Crippen molar-refractivity contribution in [1.29, 1.82) is 0 Å². The molecule has 0 spiro atoms. The quantitative estimate of drug-likeness (QED) is 0.210. The zero-order valence-corrected chi connectivity index (χ0v) is 24.4. The number of hydrogen-bond donors (Lipinski definition) is 0. The third-order valence-corrected chi connectivity index (χ3v) is 11.3. The minimum absolute atomic E-state index is 0.0922. The number of methoxy groups -OCH3 is 1. The summed E-state index contributed by atoms with van der Waals surface area (Å²) in [5.41, 5.74) is 7.77. The standard InChI is InChI=1S/C36H36NOP/c1-25-14-11-23-32(38-5)34(25)30-21-13-22-31-35(30)39(36(2,3)4)33(37(31)28-18-7-6-8-19-28)24-27-17-12-16-26-15-9-10-20-29(26)27/h6-23,33H,24H2,1-5H3. The number of benzene rings is 5. The summed E-state index contributed by atoms with van der Waals surface area (Å²) in [6.07, 6.45) is 0.984. The van der Waals surface area contributed by atoms with E-state index in [0.717, 1.165) is 12.2 Å². The van der Waals surface area contributed by atoms with Gasteiger partial charge in [-0.3, -0.25) is 0 Å². The zero-order chi connectivity index (χ0) is 27.1. The summed E-state index contributed by atoms with van der Waals surface area (Å²) in [4.78, 5) is 2.64. The SMILES string of the molecule is COc1cccc(C)c1-c1cccc2c1P(C(C)(C)C)C(Cc1cccc3ccccc13)N2c1ccccc1. The van der Waals surface area contributed by atoms with Crippen molar-refractivity contribution < 1.29 is 4.74 Å². The van der Waals surface area contributed by atoms with Gasteiger partial charge in [0.2, 0.25) is 0 Å². The first-order chi connectivity index (χ1) is 18.9. The van der Waals surface area contributed by atoms with Gasteiger partial charge in [0.05, 0.1) is 18.6 Å². The maximum Gasteiger partial charge on any atom is 0.126 e. The van der Waals surface area contributed by atoms with Gasteiger partial charge in [-0.15, -0.1) is 0 Å². The molecule has 39 heavy (non-hydrogen) atoms. The number of ether oxygens (including phenoxy) is 1. The van der Waals surface area contributed by atoms with Crippen molar-refractivity contribution in [3.8, 4) is 16.9 Å². The van der Waals surface area contributed by atoms with Gasteiger partial charge in [-0.2, -0.15) is 0 Å². The molecule has 6 rings (SSSR count). The van der Waals surface area contributed by atoms with Crippen LogP contribution in [0.15, 0.2) is 109 Å². The first-order valence-electron chi connectivity index (χ1n) is 13.8. The molecule has 0 amide bonds. The molecule has 0 N–H and O–H groups in total. The first kappa shape index (κ1) is 25.7. The maximum atomic E-state index is 5.94. The Hall–Kier alpha value is -3.61. The van der Waals surface area contributed by atoms with Crippen LogP contribution in [0.3, 0.4) is 0 Å². The van der Waals surface area contributed by atoms with Gasteiger partial charge in [-0.05, 0) is 78.2 Å². The molecule has 0 fully saturated rings. The lowest BCUT2D eigenvalue weighted by Gasteiger charge is -2.37. The van der Waals surface area contributed by atoms with Gasteiger partial charge in [-0.25, -0.2) is 0 Å². The topological polar surface area (TPSA) is 12.5 Å². The van der Waals surface area contributed by atoms with E-state index in [-0.39, 0.29) is 5.16 Å². The van der Waals surface area contributed by atoms with Gasteiger partial charge in [0.25, 0.3) is 0 Å². The summed E-state index contributed by atoms with van der Waals surface area (Å²) in [5.74, 6) is 1.26. The summed E-state index contributed by atoms with van der Waals surface area (Å²) in [6.45, 7) is 9.49. The van der Waals surface area contributed by atoms with Crippen LogP contribution in [0.25, 0.3) is 21.9 Å². The number of aryl methyl sites for hydroxylation is 1. The molecule has 0 radical (unpaired) electrons. The van der Waals surface area contributed by atoms with Gasteiger partial charge in [0.1, 0.15) is 5.75 Å². The number of para-hydroxylation sites is 1. The number of anilines is 2. The molecule has 0 bridgehead atoms. The molecule has 5 aromatic rings. The van der Waals surface area contributed by atoms with E-state index < -0.39 is 7.92 Å². The second-order valence-corrected chi connectivity index (χ2v) is 14.5. The van der Waals surface area contributed by atoms with Gasteiger partial charge in [0.15, 0.2) is 0 Å². The third-order valence-electron chi connectivity index (χ3n) is 7.87. The lowest BCUT2D eigenvalue weighted by molar-refractivity contribution is 0.416. The highest BCUT2D eigenvalue weighted by molar-refractivity contribution is 7.69. The van der Waals surface area contributed by atoms with Crippen molar-refractivity contribution in [3.63, 3.8) is 0 Å². The van der Waals surface area contributed by atoms with E-state index in [1.54, 1.807) is 7.11 Å². The molecule has 5 aromatic carbocycles. The highest BCUT2D eigenvalue weighted by Gasteiger charge is 2.46. The average Bonchev–Trinajstić information content (AvgIpc) is 3.28. The molecule has 2 atom stereocenters. The molecule has 0 saturated heterocycles. The Morgan fingerprint density at radius 3 is 2.23 bits per heavy atom. The minimum atomic E-state index is -0.611. The Morgan fingerprint density at radius 1 is 0.769 bits per heavy atom. The van der Waals surface area contributed by atoms with Crippen molar-refractivity contribution in [1.82, 2.24) is 0 Å². The molecule has 1 heterocycles. The molecule has 0 aromatic heterocycles. The predicted octanol–water partition coefficient (Wildman–Crippen LogP) is 9.45. The highest BCUT2D eigenvalue weighted by atomic mass is 31.1. The van der Waals surface area contributed by atoms with E-state index in [0.29, 0.717) is 5.78 Å². The lowest BCUT2D eigenvalue weighted by Crippen LogP contribution is -2.32. The van der Waals surface area contributed by atoms with Gasteiger partial charge in [-0.1, -0.05) is 106 Å². The van der Waals surface area contributed by atoms with Crippen molar-refractivity contribution in [3.05, 3.63) is 120 Å². The van der Waals surface area contributed by atoms with Crippen LogP contribution in [0.5, 0.6) is 5.75 Å². The Balaban J connectivity index is 1.62. The van der Waals surface area contributed by atoms with E-state index in [1.807, 2.05) is 0 Å². The summed E-state index contributed by atoms with van der Waals surface area (Å²) in [6, 6.07) is 39.8. The van der Waals surface area contributed by atoms with Gasteiger partial charge < -0.3 is 9.64 Å². The maximum absolute atomic E-state index is 5.94. The van der Waals surface area contributed by atoms with Crippen LogP contribution in [-0.2, 0) is 6.42 Å². The Kier molecular flexibility index (Phi) is 6.69. The van der Waals surface area contributed by atoms with Crippen molar-refractivity contribution in [2.24, 2.45) is 0 Å². The second-order valence-electron chi connectivity index (χ2n) is 11.4. The monoisotopic (exact) mass is 529 g/mol. The van der Waals surface area contributed by atoms with Gasteiger partial charge >= 0.3 is 0 Å². The molecular formula is C36H36NOP. The van der Waals surface area contributed by atoms with Crippen LogP contribution in [-0.4, -0.2) is 18.0 Å². The summed E-state index contributed by atoms with van der Waals surface area (Å²) in [7, 11) is 1.17. The first-order valence-corrected chi connectivity index (χ1v) is 15.2. The smallest absolute Gasteiger partial charge is 0.126 e. The van der Waals surface area contributed by atoms with Crippen LogP contribution in [0.4, 0.5) is 11.4 Å². The van der Waals surface area contributed by atoms with Gasteiger partial charge in [0, 0.05) is 16.6 Å². The van der Waals surface area contributed by atoms with E-state index >= 15 is 0 Å². The fourth-order valence-electron chi connectivity index (χ4n) is 6.29. The Labute approximate surface area is 234 Å². The Bertz CT molecular complexity index is 1630. The number of fused-ring (bicyclic) bond motifs is 2. The van der Waals surface area contributed by atoms with Crippen LogP contribution in [0.2, 0.25) is 0 Å². The molecular weight excluding hydrogens is 493 g/mol. The fraction of sp³-hybridized carbons (Fsp3) is 0.222. The third kappa shape index (κ3) is 4.52. The predicted molar refractivity (Wildman–Crippen MR) is 169 cm³/mol. The molecule has 0 saturated carbocycles. The molecule has 1 aliphatic rings. The summed E-state index contributed by atoms with van der Waals surface area (Å²) >= 11 is 0. The largest absolute Gasteiger partial charge is 0.496 e. The normalized spacial score (nSPS) is 16.9. The van der Waals surface area contributed by atoms with Crippen LogP contribution >= 0.6 is 7.92 Å². The van der Waals surface area contributed by atoms with Crippen LogP contribution in [0.1, 0.15) is 31.9 Å². The van der Waals surface area contributed by atoms with Crippen molar-refractivity contribution >= 4 is 35.4 Å². The van der Waals surface area contributed by atoms with Crippen molar-refractivity contribution in [2.75, 3.05) is 12.0 Å². The summed E-state index contributed by atoms with van der Waals surface area (Å²) in [5, 5.41) is 4.24. The van der Waals surface area contributed by atoms with E-state index in [1.165, 1.54) is 49.7 Å². The molecule has 196 valence electrons. The second kappa shape index (κ2) is 10.2. The summed E-state index contributed by atoms with van der Waals surface area (Å²) < 4.78 is 5.94. The molecule has 1 aliphatic heterocycles. The minimum Gasteiger partial charge on any atom is -0.496 e. The fourth-order valence-corrected chi connectivity index (χ4v) is 9.90. The van der Waals surface area contributed by atoms with Crippen LogP contribution < -0.4 is 14.9 Å². The van der Waals surface area contributed by atoms with Crippen LogP contribution in [0, 0.1) is 6.92 Å². The molecule has 2 nitrogen and oxygen atoms in total. The Morgan fingerprint density at radius 2 is 1.46 bits per heavy atom. The van der Waals surface area contributed by atoms with E-state index in [2.05, 4.69) is 142 Å².